The summed E-state index contributed by atoms with van der Waals surface area (Å²) >= 11 is 1.22. The van der Waals surface area contributed by atoms with Crippen LogP contribution in [0.4, 0.5) is 13.2 Å². The van der Waals surface area contributed by atoms with Crippen molar-refractivity contribution in [2.45, 2.75) is 41.1 Å². The Hall–Kier alpha value is -2.73. The van der Waals surface area contributed by atoms with Crippen molar-refractivity contribution in [1.82, 2.24) is 5.32 Å². The van der Waals surface area contributed by atoms with Crippen molar-refractivity contribution in [2.24, 2.45) is 0 Å². The number of amides is 1. The molecule has 1 N–H and O–H groups in total. The van der Waals surface area contributed by atoms with Crippen LogP contribution in [0.5, 0.6) is 11.5 Å². The highest BCUT2D eigenvalue weighted by atomic mass is 32.2. The number of nitrogens with one attached hydrogen (secondary N) is 1. The summed E-state index contributed by atoms with van der Waals surface area (Å²) in [6, 6.07) is 4.84. The molecule has 0 spiro atoms. The molecule has 0 bridgehead atoms. The van der Waals surface area contributed by atoms with E-state index in [2.05, 4.69) is 5.32 Å². The molecule has 7 nitrogen and oxygen atoms in total. The summed E-state index contributed by atoms with van der Waals surface area (Å²) in [5, 5.41) is 2.77. The number of rotatable bonds is 5. The number of aryl methyl sites for hydroxylation is 1. The lowest BCUT2D eigenvalue weighted by molar-refractivity contribution is -0.119. The maximum Gasteiger partial charge on any atom is 0.502 e. The minimum atomic E-state index is -5.77. The van der Waals surface area contributed by atoms with E-state index in [9.17, 15) is 31.2 Å². The molecule has 3 rings (SSSR count). The number of halogens is 3. The van der Waals surface area contributed by atoms with Gasteiger partial charge in [0.25, 0.3) is 9.84 Å². The number of benzene rings is 1. The van der Waals surface area contributed by atoms with Crippen molar-refractivity contribution in [1.29, 1.82) is 0 Å². The van der Waals surface area contributed by atoms with Gasteiger partial charge in [0.2, 0.25) is 5.91 Å². The number of ether oxygens (including phenoxy) is 2. The van der Waals surface area contributed by atoms with E-state index < -0.39 is 32.0 Å². The largest absolute Gasteiger partial charge is 0.502 e. The van der Waals surface area contributed by atoms with Crippen LogP contribution in [0, 0.1) is 0 Å². The Morgan fingerprint density at radius 1 is 1.15 bits per heavy atom. The third kappa shape index (κ3) is 4.48. The fourth-order valence-electron chi connectivity index (χ4n) is 4.03. The number of fused-ring (bicyclic) bond motifs is 3. The van der Waals surface area contributed by atoms with Gasteiger partial charge >= 0.3 is 5.51 Å². The number of hydrogen-bond donors (Lipinski definition) is 1. The SMILES string of the molecule is COc1c(S(=O)(=O)C(F)(F)F)cc2c(c1OC)-c1ccc(SC)c(=O)cc1[C@@H](NC(C)=O)CC2. The van der Waals surface area contributed by atoms with Crippen LogP contribution in [-0.2, 0) is 21.1 Å². The van der Waals surface area contributed by atoms with Crippen LogP contribution in [-0.4, -0.2) is 40.3 Å². The molecule has 0 radical (unpaired) electrons. The average molecular weight is 518 g/mol. The number of sulfone groups is 1. The lowest BCUT2D eigenvalue weighted by Gasteiger charge is -2.20. The molecule has 184 valence electrons. The average Bonchev–Trinajstić information content (AvgIpc) is 3.00. The summed E-state index contributed by atoms with van der Waals surface area (Å²) in [6.45, 7) is 1.31. The van der Waals surface area contributed by atoms with E-state index in [1.54, 1.807) is 18.4 Å². The monoisotopic (exact) mass is 517 g/mol. The van der Waals surface area contributed by atoms with Gasteiger partial charge in [-0.3, -0.25) is 9.59 Å². The van der Waals surface area contributed by atoms with E-state index >= 15 is 0 Å². The molecule has 0 heterocycles. The van der Waals surface area contributed by atoms with Crippen molar-refractivity contribution < 1.29 is 35.9 Å². The number of carbonyl (C=O) groups excluding carboxylic acids is 1. The number of hydrogen-bond acceptors (Lipinski definition) is 7. The summed E-state index contributed by atoms with van der Waals surface area (Å²) in [7, 11) is -3.53. The third-order valence-electron chi connectivity index (χ3n) is 5.47. The molecule has 34 heavy (non-hydrogen) atoms. The van der Waals surface area contributed by atoms with Gasteiger partial charge in [-0.05, 0) is 54.0 Å². The van der Waals surface area contributed by atoms with Crippen molar-refractivity contribution in [3.63, 3.8) is 0 Å². The van der Waals surface area contributed by atoms with Gasteiger partial charge < -0.3 is 14.8 Å². The van der Waals surface area contributed by atoms with E-state index in [1.165, 1.54) is 31.9 Å². The zero-order valence-corrected chi connectivity index (χ0v) is 20.3. The molecular formula is C22H22F3NO6S2. The molecule has 0 aliphatic heterocycles. The van der Waals surface area contributed by atoms with Crippen LogP contribution in [0.15, 0.2) is 38.9 Å². The van der Waals surface area contributed by atoms with Crippen molar-refractivity contribution in [2.75, 3.05) is 20.5 Å². The first-order chi connectivity index (χ1) is 15.9. The predicted molar refractivity (Wildman–Crippen MR) is 121 cm³/mol. The van der Waals surface area contributed by atoms with Gasteiger partial charge in [0, 0.05) is 12.5 Å². The van der Waals surface area contributed by atoms with Gasteiger partial charge in [-0.15, -0.1) is 11.8 Å². The van der Waals surface area contributed by atoms with Crippen LogP contribution in [0.25, 0.3) is 11.1 Å². The quantitative estimate of drug-likeness (QED) is 0.601. The van der Waals surface area contributed by atoms with E-state index in [0.29, 0.717) is 21.6 Å². The first-order valence-electron chi connectivity index (χ1n) is 9.96. The van der Waals surface area contributed by atoms with Crippen LogP contribution >= 0.6 is 11.8 Å². The third-order valence-corrected chi connectivity index (χ3v) is 7.74. The molecule has 12 heteroatoms. The second-order valence-electron chi connectivity index (χ2n) is 7.50. The predicted octanol–water partition coefficient (Wildman–Crippen LogP) is 3.87. The first kappa shape index (κ1) is 25.9. The standard InChI is InChI=1S/C22H22F3NO6S2/c1-11(27)26-15-7-5-12-9-18(34(29,30)22(23,24)25)20(31-2)21(32-3)19(12)13-6-8-17(33-4)16(28)10-14(13)15/h6,8-10,15H,5,7H2,1-4H3,(H,26,27)/t15-/m0/s1. The second kappa shape index (κ2) is 9.49. The van der Waals surface area contributed by atoms with Gasteiger partial charge in [-0.2, -0.15) is 13.2 Å². The smallest absolute Gasteiger partial charge is 0.492 e. The fraction of sp³-hybridized carbons (Fsp3) is 0.364. The van der Waals surface area contributed by atoms with Crippen molar-refractivity contribution in [3.8, 4) is 22.6 Å². The minimum absolute atomic E-state index is 0.100. The highest BCUT2D eigenvalue weighted by Crippen LogP contribution is 2.50. The molecule has 1 amide bonds. The number of thioether (sulfide) groups is 1. The lowest BCUT2D eigenvalue weighted by Crippen LogP contribution is -2.26. The molecule has 1 aliphatic rings. The van der Waals surface area contributed by atoms with Crippen LogP contribution in [0.3, 0.4) is 0 Å². The Morgan fingerprint density at radius 2 is 1.79 bits per heavy atom. The van der Waals surface area contributed by atoms with Gasteiger partial charge in [-0.1, -0.05) is 6.07 Å². The van der Waals surface area contributed by atoms with Crippen molar-refractivity contribution in [3.05, 3.63) is 45.6 Å². The molecule has 0 fully saturated rings. The highest BCUT2D eigenvalue weighted by molar-refractivity contribution is 7.98. The first-order valence-corrected chi connectivity index (χ1v) is 12.7. The van der Waals surface area contributed by atoms with Gasteiger partial charge in [0.15, 0.2) is 16.9 Å². The summed E-state index contributed by atoms with van der Waals surface area (Å²) < 4.78 is 75.5. The molecule has 0 saturated heterocycles. The Balaban J connectivity index is 2.49. The number of alkyl halides is 3. The summed E-state index contributed by atoms with van der Waals surface area (Å²) in [5.74, 6) is -1.17. The Kier molecular flexibility index (Phi) is 7.23. The summed E-state index contributed by atoms with van der Waals surface area (Å²) in [4.78, 5) is 24.0. The maximum absolute atomic E-state index is 13.4. The van der Waals surface area contributed by atoms with Crippen LogP contribution in [0.2, 0.25) is 0 Å². The zero-order chi connectivity index (χ0) is 25.4. The summed E-state index contributed by atoms with van der Waals surface area (Å²) in [6.07, 6.45) is 2.03. The van der Waals surface area contributed by atoms with E-state index in [1.807, 2.05) is 0 Å². The Labute approximate surface area is 198 Å². The topological polar surface area (TPSA) is 98.8 Å². The van der Waals surface area contributed by atoms with Gasteiger partial charge in [0.1, 0.15) is 4.90 Å². The van der Waals surface area contributed by atoms with Gasteiger partial charge in [0.05, 0.1) is 25.2 Å². The summed E-state index contributed by atoms with van der Waals surface area (Å²) in [5.41, 5.74) is -4.46. The van der Waals surface area contributed by atoms with Crippen LogP contribution < -0.4 is 20.2 Å². The fourth-order valence-corrected chi connectivity index (χ4v) is 5.47. The molecule has 2 aromatic carbocycles. The minimum Gasteiger partial charge on any atom is -0.492 e. The Bertz CT molecular complexity index is 1310. The number of carbonyl (C=O) groups is 1. The van der Waals surface area contributed by atoms with Crippen LogP contribution in [0.1, 0.15) is 30.5 Å². The molecule has 0 saturated carbocycles. The normalized spacial score (nSPS) is 15.6. The molecule has 0 aromatic heterocycles. The molecule has 1 atom stereocenters. The molecular weight excluding hydrogens is 495 g/mol. The molecule has 0 unspecified atom stereocenters. The maximum atomic E-state index is 13.4. The van der Waals surface area contributed by atoms with E-state index in [-0.39, 0.29) is 35.5 Å². The second-order valence-corrected chi connectivity index (χ2v) is 10.3. The van der Waals surface area contributed by atoms with Crippen molar-refractivity contribution >= 4 is 27.5 Å². The van der Waals surface area contributed by atoms with Gasteiger partial charge in [-0.25, -0.2) is 8.42 Å². The molecule has 1 aliphatic carbocycles. The van der Waals surface area contributed by atoms with E-state index in [4.69, 9.17) is 9.47 Å². The molecule has 2 aromatic rings. The lowest BCUT2D eigenvalue weighted by atomic mass is 9.96. The van der Waals surface area contributed by atoms with E-state index in [0.717, 1.165) is 13.2 Å². The number of methoxy groups -OCH3 is 2. The zero-order valence-electron chi connectivity index (χ0n) is 18.7. The highest BCUT2D eigenvalue weighted by Gasteiger charge is 2.49. The Morgan fingerprint density at radius 3 is 2.32 bits per heavy atom.